The van der Waals surface area contributed by atoms with E-state index in [0.717, 1.165) is 41.6 Å². The molecule has 3 aromatic rings. The molecular weight excluding hydrogens is 360 g/mol. The highest BCUT2D eigenvalue weighted by Crippen LogP contribution is 2.33. The van der Waals surface area contributed by atoms with Gasteiger partial charge in [-0.1, -0.05) is 19.1 Å². The molecule has 0 radical (unpaired) electrons. The molecule has 0 amide bonds. The van der Waals surface area contributed by atoms with E-state index >= 15 is 0 Å². The molecule has 0 fully saturated rings. The maximum absolute atomic E-state index is 12.9. The minimum atomic E-state index is -0.776. The molecule has 4 rings (SSSR count). The van der Waals surface area contributed by atoms with E-state index in [9.17, 15) is 9.90 Å². The fourth-order valence-electron chi connectivity index (χ4n) is 3.60. The Hall–Kier alpha value is -2.18. The third-order valence-electron chi connectivity index (χ3n) is 5.12. The molecule has 142 valence electrons. The summed E-state index contributed by atoms with van der Waals surface area (Å²) < 4.78 is 7.17. The summed E-state index contributed by atoms with van der Waals surface area (Å²) in [6.07, 6.45) is 6.06. The first kappa shape index (κ1) is 18.2. The highest BCUT2D eigenvalue weighted by atomic mass is 32.1. The summed E-state index contributed by atoms with van der Waals surface area (Å²) in [5.41, 5.74) is 2.37. The molecule has 1 N–H and O–H groups in total. The largest absolute Gasteiger partial charge is 0.491 e. The topological polar surface area (TPSA) is 64.3 Å². The smallest absolute Gasteiger partial charge is 0.262 e. The van der Waals surface area contributed by atoms with Crippen molar-refractivity contribution >= 4 is 21.6 Å². The van der Waals surface area contributed by atoms with Crippen LogP contribution in [0, 0.1) is 0 Å². The highest BCUT2D eigenvalue weighted by Gasteiger charge is 2.20. The fourth-order valence-corrected chi connectivity index (χ4v) is 4.82. The molecule has 1 aromatic carbocycles. The SMILES string of the molecule is CCc1ccc(OCC(O)Cn2cnc3sc4c(c3c2=O)CCCC4)cc1. The molecule has 6 heteroatoms. The molecular formula is C21H24N2O3S. The lowest BCUT2D eigenvalue weighted by Crippen LogP contribution is -2.30. The van der Waals surface area contributed by atoms with E-state index in [1.165, 1.54) is 27.0 Å². The summed E-state index contributed by atoms with van der Waals surface area (Å²) in [5.74, 6) is 0.721. The maximum atomic E-state index is 12.9. The van der Waals surface area contributed by atoms with E-state index in [4.69, 9.17) is 4.74 Å². The fraction of sp³-hybridized carbons (Fsp3) is 0.429. The molecule has 2 heterocycles. The number of ether oxygens (including phenoxy) is 1. The quantitative estimate of drug-likeness (QED) is 0.708. The van der Waals surface area contributed by atoms with Crippen LogP contribution in [0.4, 0.5) is 0 Å². The number of nitrogens with zero attached hydrogens (tertiary/aromatic N) is 2. The lowest BCUT2D eigenvalue weighted by atomic mass is 9.97. The van der Waals surface area contributed by atoms with Crippen molar-refractivity contribution in [2.45, 2.75) is 51.7 Å². The molecule has 5 nitrogen and oxygen atoms in total. The molecule has 1 aliphatic rings. The Morgan fingerprint density at radius 3 is 2.81 bits per heavy atom. The van der Waals surface area contributed by atoms with E-state index in [1.807, 2.05) is 24.3 Å². The Balaban J connectivity index is 1.47. The van der Waals surface area contributed by atoms with Crippen molar-refractivity contribution in [2.75, 3.05) is 6.61 Å². The summed E-state index contributed by atoms with van der Waals surface area (Å²) in [4.78, 5) is 19.5. The number of aromatic nitrogens is 2. The number of aryl methyl sites for hydroxylation is 3. The minimum absolute atomic E-state index is 0.0502. The van der Waals surface area contributed by atoms with Crippen molar-refractivity contribution in [3.8, 4) is 5.75 Å². The molecule has 0 saturated carbocycles. The van der Waals surface area contributed by atoms with Gasteiger partial charge >= 0.3 is 0 Å². The van der Waals surface area contributed by atoms with Crippen LogP contribution in [0.25, 0.3) is 10.2 Å². The average molecular weight is 385 g/mol. The molecule has 0 saturated heterocycles. The molecule has 0 aliphatic heterocycles. The molecule has 1 unspecified atom stereocenters. The molecule has 2 aromatic heterocycles. The monoisotopic (exact) mass is 384 g/mol. The van der Waals surface area contributed by atoms with Crippen LogP contribution >= 0.6 is 11.3 Å². The second-order valence-corrected chi connectivity index (χ2v) is 8.14. The molecule has 27 heavy (non-hydrogen) atoms. The van der Waals surface area contributed by atoms with Crippen LogP contribution < -0.4 is 10.3 Å². The van der Waals surface area contributed by atoms with Crippen LogP contribution in [-0.2, 0) is 25.8 Å². The number of hydrogen-bond acceptors (Lipinski definition) is 5. The van der Waals surface area contributed by atoms with Crippen molar-refractivity contribution in [3.63, 3.8) is 0 Å². The van der Waals surface area contributed by atoms with Crippen LogP contribution in [0.5, 0.6) is 5.75 Å². The van der Waals surface area contributed by atoms with E-state index < -0.39 is 6.10 Å². The number of rotatable bonds is 6. The van der Waals surface area contributed by atoms with Crippen LogP contribution in [0.1, 0.15) is 35.8 Å². The summed E-state index contributed by atoms with van der Waals surface area (Å²) in [6.45, 7) is 2.42. The molecule has 0 spiro atoms. The van der Waals surface area contributed by atoms with Gasteiger partial charge in [0.1, 0.15) is 23.3 Å². The zero-order chi connectivity index (χ0) is 18.8. The van der Waals surface area contributed by atoms with Crippen LogP contribution in [0.2, 0.25) is 0 Å². The Labute approximate surface area is 162 Å². The van der Waals surface area contributed by atoms with Crippen molar-refractivity contribution < 1.29 is 9.84 Å². The van der Waals surface area contributed by atoms with E-state index in [0.29, 0.717) is 0 Å². The van der Waals surface area contributed by atoms with Crippen LogP contribution in [0.3, 0.4) is 0 Å². The third kappa shape index (κ3) is 3.77. The van der Waals surface area contributed by atoms with Gasteiger partial charge in [-0.05, 0) is 55.4 Å². The van der Waals surface area contributed by atoms with Gasteiger partial charge in [0.2, 0.25) is 0 Å². The van der Waals surface area contributed by atoms with Crippen molar-refractivity contribution in [1.82, 2.24) is 9.55 Å². The lowest BCUT2D eigenvalue weighted by Gasteiger charge is -2.14. The second-order valence-electron chi connectivity index (χ2n) is 7.06. The number of benzene rings is 1. The Morgan fingerprint density at radius 2 is 2.04 bits per heavy atom. The normalized spacial score (nSPS) is 14.9. The first-order valence-corrected chi connectivity index (χ1v) is 10.4. The zero-order valence-corrected chi connectivity index (χ0v) is 16.3. The second kappa shape index (κ2) is 7.82. The van der Waals surface area contributed by atoms with E-state index in [1.54, 1.807) is 17.7 Å². The van der Waals surface area contributed by atoms with E-state index in [-0.39, 0.29) is 18.7 Å². The van der Waals surface area contributed by atoms with Crippen LogP contribution in [0.15, 0.2) is 35.4 Å². The number of hydrogen-bond donors (Lipinski definition) is 1. The van der Waals surface area contributed by atoms with Gasteiger partial charge in [-0.2, -0.15) is 0 Å². The van der Waals surface area contributed by atoms with Crippen molar-refractivity contribution in [2.24, 2.45) is 0 Å². The van der Waals surface area contributed by atoms with Gasteiger partial charge in [0.05, 0.1) is 18.3 Å². The number of fused-ring (bicyclic) bond motifs is 3. The standard InChI is InChI=1S/C21H24N2O3S/c1-2-14-7-9-16(10-8-14)26-12-15(24)11-23-13-22-20-19(21(23)25)17-5-3-4-6-18(17)27-20/h7-10,13,15,24H,2-6,11-12H2,1H3. The first-order chi connectivity index (χ1) is 13.2. The van der Waals surface area contributed by atoms with Gasteiger partial charge in [0.25, 0.3) is 5.56 Å². The van der Waals surface area contributed by atoms with Gasteiger partial charge in [0, 0.05) is 4.88 Å². The van der Waals surface area contributed by atoms with Crippen molar-refractivity contribution in [1.29, 1.82) is 0 Å². The molecule has 0 bridgehead atoms. The summed E-state index contributed by atoms with van der Waals surface area (Å²) in [5, 5.41) is 11.1. The summed E-state index contributed by atoms with van der Waals surface area (Å²) in [7, 11) is 0. The highest BCUT2D eigenvalue weighted by molar-refractivity contribution is 7.18. The van der Waals surface area contributed by atoms with Gasteiger partial charge < -0.3 is 9.84 Å². The Bertz CT molecular complexity index is 991. The predicted molar refractivity (Wildman–Crippen MR) is 108 cm³/mol. The van der Waals surface area contributed by atoms with Gasteiger partial charge in [0.15, 0.2) is 0 Å². The van der Waals surface area contributed by atoms with Crippen LogP contribution in [-0.4, -0.2) is 27.4 Å². The third-order valence-corrected chi connectivity index (χ3v) is 6.32. The average Bonchev–Trinajstić information content (AvgIpc) is 3.08. The number of aliphatic hydroxyl groups is 1. The Kier molecular flexibility index (Phi) is 5.27. The number of thiophene rings is 1. The van der Waals surface area contributed by atoms with Gasteiger partial charge in [-0.25, -0.2) is 4.98 Å². The van der Waals surface area contributed by atoms with Gasteiger partial charge in [-0.3, -0.25) is 9.36 Å². The Morgan fingerprint density at radius 1 is 1.26 bits per heavy atom. The predicted octanol–water partition coefficient (Wildman–Crippen LogP) is 3.34. The van der Waals surface area contributed by atoms with Crippen molar-refractivity contribution in [3.05, 3.63) is 57.0 Å². The molecule has 1 atom stereocenters. The number of aliphatic hydroxyl groups excluding tert-OH is 1. The van der Waals surface area contributed by atoms with Gasteiger partial charge in [-0.15, -0.1) is 11.3 Å². The lowest BCUT2D eigenvalue weighted by molar-refractivity contribution is 0.0915. The first-order valence-electron chi connectivity index (χ1n) is 9.55. The zero-order valence-electron chi connectivity index (χ0n) is 15.5. The summed E-state index contributed by atoms with van der Waals surface area (Å²) in [6, 6.07) is 7.85. The minimum Gasteiger partial charge on any atom is -0.491 e. The summed E-state index contributed by atoms with van der Waals surface area (Å²) >= 11 is 1.64. The van der Waals surface area contributed by atoms with E-state index in [2.05, 4.69) is 11.9 Å². The maximum Gasteiger partial charge on any atom is 0.262 e. The molecule has 1 aliphatic carbocycles.